The number of benzene rings is 3. The Balaban J connectivity index is 1.48. The van der Waals surface area contributed by atoms with E-state index in [1.165, 1.54) is 5.56 Å². The second-order valence-corrected chi connectivity index (χ2v) is 9.40. The maximum atomic E-state index is 13.7. The SMILES string of the molecule is COc1ccc(N(C)C(=O)C2Cc3cccc(c3)CCCc3[nH]c4ccccc4c3CC(=O)N2)cc1. The Morgan fingerprint density at radius 3 is 2.56 bits per heavy atom. The van der Waals surface area contributed by atoms with E-state index in [2.05, 4.69) is 28.5 Å². The maximum Gasteiger partial charge on any atom is 0.249 e. The monoisotopic (exact) mass is 481 g/mol. The van der Waals surface area contributed by atoms with Crippen molar-refractivity contribution in [2.45, 2.75) is 38.1 Å². The van der Waals surface area contributed by atoms with Gasteiger partial charge in [0.2, 0.25) is 11.8 Å². The zero-order chi connectivity index (χ0) is 25.1. The van der Waals surface area contributed by atoms with Gasteiger partial charge in [0.05, 0.1) is 13.5 Å². The van der Waals surface area contributed by atoms with Crippen LogP contribution in [0.25, 0.3) is 10.9 Å². The number of aryl methyl sites for hydroxylation is 2. The topological polar surface area (TPSA) is 74.4 Å². The predicted molar refractivity (Wildman–Crippen MR) is 143 cm³/mol. The largest absolute Gasteiger partial charge is 0.497 e. The van der Waals surface area contributed by atoms with Gasteiger partial charge in [-0.15, -0.1) is 0 Å². The van der Waals surface area contributed by atoms with Crippen LogP contribution in [0, 0.1) is 0 Å². The number of ether oxygens (including phenoxy) is 1. The summed E-state index contributed by atoms with van der Waals surface area (Å²) in [5.41, 5.74) is 6.17. The van der Waals surface area contributed by atoms with E-state index in [0.29, 0.717) is 6.42 Å². The van der Waals surface area contributed by atoms with E-state index in [0.717, 1.165) is 58.4 Å². The fraction of sp³-hybridized carbons (Fsp3) is 0.267. The molecule has 0 saturated carbocycles. The van der Waals surface area contributed by atoms with Crippen LogP contribution in [0.4, 0.5) is 5.69 Å². The van der Waals surface area contributed by atoms with Crippen molar-refractivity contribution in [1.29, 1.82) is 0 Å². The molecule has 4 aromatic rings. The zero-order valence-electron chi connectivity index (χ0n) is 20.7. The number of rotatable bonds is 3. The molecule has 2 amide bonds. The standard InChI is InChI=1S/C30H31N3O3/c1-33(22-13-15-23(36-2)16-14-22)30(35)28-18-21-9-5-7-20(17-21)8-6-12-27-25(19-29(34)32-28)24-10-3-4-11-26(24)31-27/h3-5,7,9-11,13-17,28,31H,6,8,12,18-19H2,1-2H3,(H,32,34). The molecule has 6 heteroatoms. The molecule has 6 nitrogen and oxygen atoms in total. The summed E-state index contributed by atoms with van der Waals surface area (Å²) in [5, 5.41) is 4.13. The molecular formula is C30H31N3O3. The summed E-state index contributed by atoms with van der Waals surface area (Å²) in [6.07, 6.45) is 3.44. The quantitative estimate of drug-likeness (QED) is 0.449. The van der Waals surface area contributed by atoms with Crippen LogP contribution in [0.3, 0.4) is 0 Å². The lowest BCUT2D eigenvalue weighted by atomic mass is 9.99. The van der Waals surface area contributed by atoms with Gasteiger partial charge in [-0.05, 0) is 66.3 Å². The predicted octanol–water partition coefficient (Wildman–Crippen LogP) is 4.60. The lowest BCUT2D eigenvalue weighted by Crippen LogP contribution is -2.49. The van der Waals surface area contributed by atoms with Gasteiger partial charge in [0.15, 0.2) is 0 Å². The van der Waals surface area contributed by atoms with Gasteiger partial charge in [-0.1, -0.05) is 42.5 Å². The van der Waals surface area contributed by atoms with Crippen molar-refractivity contribution in [3.63, 3.8) is 0 Å². The molecule has 3 aromatic carbocycles. The third-order valence-electron chi connectivity index (χ3n) is 6.99. The van der Waals surface area contributed by atoms with Gasteiger partial charge in [0.25, 0.3) is 0 Å². The molecule has 1 aliphatic heterocycles. The lowest BCUT2D eigenvalue weighted by molar-refractivity contribution is -0.127. The molecule has 1 unspecified atom stereocenters. The van der Waals surface area contributed by atoms with Crippen molar-refractivity contribution in [2.75, 3.05) is 19.1 Å². The molecule has 0 spiro atoms. The van der Waals surface area contributed by atoms with Gasteiger partial charge in [-0.25, -0.2) is 0 Å². The van der Waals surface area contributed by atoms with E-state index in [1.807, 2.05) is 54.6 Å². The van der Waals surface area contributed by atoms with Crippen molar-refractivity contribution >= 4 is 28.4 Å². The lowest BCUT2D eigenvalue weighted by Gasteiger charge is -2.25. The first kappa shape index (κ1) is 23.7. The second kappa shape index (κ2) is 10.3. The summed E-state index contributed by atoms with van der Waals surface area (Å²) < 4.78 is 5.24. The Bertz CT molecular complexity index is 1390. The van der Waals surface area contributed by atoms with E-state index in [1.54, 1.807) is 19.1 Å². The highest BCUT2D eigenvalue weighted by molar-refractivity contribution is 5.99. The van der Waals surface area contributed by atoms with Crippen molar-refractivity contribution in [1.82, 2.24) is 10.3 Å². The third-order valence-corrected chi connectivity index (χ3v) is 6.99. The maximum absolute atomic E-state index is 13.7. The van der Waals surface area contributed by atoms with E-state index in [-0.39, 0.29) is 18.2 Å². The van der Waals surface area contributed by atoms with Gasteiger partial charge in [-0.3, -0.25) is 9.59 Å². The number of hydrogen-bond acceptors (Lipinski definition) is 3. The van der Waals surface area contributed by atoms with Crippen LogP contribution < -0.4 is 15.0 Å². The Kier molecular flexibility index (Phi) is 6.76. The number of nitrogens with one attached hydrogen (secondary N) is 2. The number of amides is 2. The minimum Gasteiger partial charge on any atom is -0.497 e. The van der Waals surface area contributed by atoms with E-state index in [4.69, 9.17) is 4.74 Å². The fourth-order valence-corrected chi connectivity index (χ4v) is 5.06. The highest BCUT2D eigenvalue weighted by Gasteiger charge is 2.26. The summed E-state index contributed by atoms with van der Waals surface area (Å²) in [6.45, 7) is 0. The number of carbonyl (C=O) groups excluding carboxylic acids is 2. The third kappa shape index (κ3) is 4.98. The molecule has 0 aliphatic carbocycles. The minimum absolute atomic E-state index is 0.155. The summed E-state index contributed by atoms with van der Waals surface area (Å²) in [5.74, 6) is 0.409. The highest BCUT2D eigenvalue weighted by atomic mass is 16.5. The number of likely N-dealkylation sites (N-methyl/N-ethyl adjacent to an activating group) is 1. The number of fused-ring (bicyclic) bond motifs is 5. The summed E-state index contributed by atoms with van der Waals surface area (Å²) in [7, 11) is 3.35. The minimum atomic E-state index is -0.686. The Hall–Kier alpha value is -4.06. The molecule has 0 radical (unpaired) electrons. The van der Waals surface area contributed by atoms with Crippen molar-refractivity contribution in [3.8, 4) is 5.75 Å². The summed E-state index contributed by atoms with van der Waals surface area (Å²) in [4.78, 5) is 32.1. The van der Waals surface area contributed by atoms with Gasteiger partial charge < -0.3 is 19.9 Å². The molecule has 36 heavy (non-hydrogen) atoms. The second-order valence-electron chi connectivity index (χ2n) is 9.40. The van der Waals surface area contributed by atoms with Crippen molar-refractivity contribution in [3.05, 3.63) is 95.2 Å². The summed E-state index contributed by atoms with van der Waals surface area (Å²) >= 11 is 0. The molecule has 2 heterocycles. The number of aromatic amines is 1. The van der Waals surface area contributed by atoms with E-state index in [9.17, 15) is 9.59 Å². The van der Waals surface area contributed by atoms with Crippen LogP contribution in [-0.4, -0.2) is 37.0 Å². The number of anilines is 1. The Morgan fingerprint density at radius 2 is 1.75 bits per heavy atom. The van der Waals surface area contributed by atoms with E-state index >= 15 is 0 Å². The number of hydrogen-bond donors (Lipinski definition) is 2. The zero-order valence-corrected chi connectivity index (χ0v) is 20.7. The molecule has 1 atom stereocenters. The molecule has 5 rings (SSSR count). The molecule has 184 valence electrons. The average Bonchev–Trinajstić information content (AvgIpc) is 3.24. The Morgan fingerprint density at radius 1 is 0.972 bits per heavy atom. The van der Waals surface area contributed by atoms with Crippen LogP contribution >= 0.6 is 0 Å². The van der Waals surface area contributed by atoms with Crippen molar-refractivity contribution < 1.29 is 14.3 Å². The number of H-pyrrole nitrogens is 1. The first-order valence-corrected chi connectivity index (χ1v) is 12.4. The number of nitrogens with zero attached hydrogens (tertiary/aromatic N) is 1. The van der Waals surface area contributed by atoms with Gasteiger partial charge >= 0.3 is 0 Å². The van der Waals surface area contributed by atoms with Gasteiger partial charge in [0, 0.05) is 35.8 Å². The molecule has 1 aliphatic rings. The van der Waals surface area contributed by atoms with Crippen molar-refractivity contribution in [2.24, 2.45) is 0 Å². The number of aromatic nitrogens is 1. The van der Waals surface area contributed by atoms with E-state index < -0.39 is 6.04 Å². The first-order valence-electron chi connectivity index (χ1n) is 12.4. The smallest absolute Gasteiger partial charge is 0.249 e. The fourth-order valence-electron chi connectivity index (χ4n) is 5.06. The van der Waals surface area contributed by atoms with Crippen LogP contribution in [0.2, 0.25) is 0 Å². The molecule has 0 fully saturated rings. The number of carbonyl (C=O) groups is 2. The van der Waals surface area contributed by atoms with Crippen LogP contribution in [0.1, 0.15) is 28.8 Å². The van der Waals surface area contributed by atoms with Crippen LogP contribution in [0.5, 0.6) is 5.75 Å². The first-order chi connectivity index (χ1) is 17.5. The van der Waals surface area contributed by atoms with Crippen LogP contribution in [0.15, 0.2) is 72.8 Å². The molecular weight excluding hydrogens is 450 g/mol. The average molecular weight is 482 g/mol. The normalized spacial score (nSPS) is 16.2. The molecule has 0 saturated heterocycles. The van der Waals surface area contributed by atoms with Crippen LogP contribution in [-0.2, 0) is 35.3 Å². The number of para-hydroxylation sites is 1. The molecule has 1 aromatic heterocycles. The number of methoxy groups -OCH3 is 1. The summed E-state index contributed by atoms with van der Waals surface area (Å²) in [6, 6.07) is 23.1. The molecule has 2 N–H and O–H groups in total. The highest BCUT2D eigenvalue weighted by Crippen LogP contribution is 2.25. The Labute approximate surface area is 211 Å². The van der Waals surface area contributed by atoms with Gasteiger partial charge in [-0.2, -0.15) is 0 Å². The molecule has 2 bridgehead atoms. The van der Waals surface area contributed by atoms with Gasteiger partial charge in [0.1, 0.15) is 11.8 Å².